The van der Waals surface area contributed by atoms with Crippen LogP contribution in [0.25, 0.3) is 10.8 Å². The molecule has 4 aliphatic heterocycles. The highest BCUT2D eigenvalue weighted by Gasteiger charge is 2.50. The molecule has 240 valence electrons. The van der Waals surface area contributed by atoms with Crippen LogP contribution < -0.4 is 14.5 Å². The van der Waals surface area contributed by atoms with Gasteiger partial charge in [-0.25, -0.2) is 4.39 Å². The number of ether oxygens (including phenoxy) is 2. The van der Waals surface area contributed by atoms with Crippen molar-refractivity contribution >= 4 is 39.8 Å². The molecule has 3 saturated heterocycles. The zero-order valence-corrected chi connectivity index (χ0v) is 26.7. The number of carbonyl (C=O) groups is 1. The molecule has 2 aromatic carbocycles. The fraction of sp³-hybridized carbons (Fsp3) is 0.471. The third-order valence-electron chi connectivity index (χ3n) is 9.98. The molecule has 1 amide bonds. The topological polar surface area (TPSA) is 98.1 Å². The summed E-state index contributed by atoms with van der Waals surface area (Å²) in [6.45, 7) is 7.27. The number of halogens is 2. The number of hydrogen-bond donors (Lipinski definition) is 0. The van der Waals surface area contributed by atoms with Gasteiger partial charge in [0.2, 0.25) is 0 Å². The Morgan fingerprint density at radius 3 is 2.70 bits per heavy atom. The lowest BCUT2D eigenvalue weighted by Gasteiger charge is -2.54. The molecule has 0 N–H and O–H groups in total. The van der Waals surface area contributed by atoms with Crippen LogP contribution in [0.4, 0.5) is 15.9 Å². The molecule has 46 heavy (non-hydrogen) atoms. The number of nitrogens with zero attached hydrogens (tertiary/aromatic N) is 7. The maximum atomic E-state index is 13.9. The minimum absolute atomic E-state index is 0.0631. The summed E-state index contributed by atoms with van der Waals surface area (Å²) in [5.74, 6) is -1.07. The fourth-order valence-corrected chi connectivity index (χ4v) is 7.70. The summed E-state index contributed by atoms with van der Waals surface area (Å²) < 4.78 is 26.1. The molecular formula is C34H37ClFN7O3. The Hall–Kier alpha value is -3.98. The van der Waals surface area contributed by atoms with E-state index in [-0.39, 0.29) is 24.5 Å². The van der Waals surface area contributed by atoms with Crippen molar-refractivity contribution in [2.24, 2.45) is 0 Å². The molecule has 0 aliphatic carbocycles. The van der Waals surface area contributed by atoms with Crippen molar-refractivity contribution in [3.63, 3.8) is 0 Å². The number of anilines is 2. The van der Waals surface area contributed by atoms with Crippen molar-refractivity contribution < 1.29 is 18.7 Å². The van der Waals surface area contributed by atoms with E-state index in [9.17, 15) is 14.4 Å². The third kappa shape index (κ3) is 5.42. The zero-order valence-electron chi connectivity index (χ0n) is 25.9. The van der Waals surface area contributed by atoms with Gasteiger partial charge in [0, 0.05) is 48.7 Å². The number of likely N-dealkylation sites (N-methyl/N-ethyl adjacent to an activating group) is 1. The van der Waals surface area contributed by atoms with Crippen molar-refractivity contribution in [3.8, 4) is 12.1 Å². The van der Waals surface area contributed by atoms with E-state index in [4.69, 9.17) is 31.0 Å². The molecule has 0 radical (unpaired) electrons. The Kier molecular flexibility index (Phi) is 8.21. The van der Waals surface area contributed by atoms with E-state index in [2.05, 4.69) is 58.7 Å². The van der Waals surface area contributed by atoms with E-state index in [1.54, 1.807) is 0 Å². The van der Waals surface area contributed by atoms with Crippen LogP contribution in [0.2, 0.25) is 5.02 Å². The summed E-state index contributed by atoms with van der Waals surface area (Å²) in [6, 6.07) is 14.4. The Labute approximate surface area is 272 Å². The molecule has 4 aliphatic rings. The summed E-state index contributed by atoms with van der Waals surface area (Å²) in [5, 5.41) is 12.3. The largest absolute Gasteiger partial charge is 0.462 e. The quantitative estimate of drug-likeness (QED) is 0.344. The second kappa shape index (κ2) is 12.3. The van der Waals surface area contributed by atoms with Crippen molar-refractivity contribution in [1.82, 2.24) is 19.8 Å². The molecule has 0 unspecified atom stereocenters. The van der Waals surface area contributed by atoms with Gasteiger partial charge in [0.25, 0.3) is 5.91 Å². The number of nitriles is 1. The predicted molar refractivity (Wildman–Crippen MR) is 174 cm³/mol. The highest BCUT2D eigenvalue weighted by atomic mass is 35.5. The Morgan fingerprint density at radius 2 is 2.00 bits per heavy atom. The maximum Gasteiger partial charge on any atom is 0.318 e. The first-order valence-electron chi connectivity index (χ1n) is 15.8. The van der Waals surface area contributed by atoms with E-state index in [1.807, 2.05) is 12.1 Å². The summed E-state index contributed by atoms with van der Waals surface area (Å²) >= 11 is 6.80. The number of hydrogen-bond acceptors (Lipinski definition) is 9. The monoisotopic (exact) mass is 645 g/mol. The van der Waals surface area contributed by atoms with Gasteiger partial charge < -0.3 is 29.1 Å². The summed E-state index contributed by atoms with van der Waals surface area (Å²) in [6.07, 6.45) is 2.88. The van der Waals surface area contributed by atoms with Crippen molar-refractivity contribution in [3.05, 3.63) is 65.1 Å². The molecular weight excluding hydrogens is 609 g/mol. The number of amides is 1. The smallest absolute Gasteiger partial charge is 0.318 e. The van der Waals surface area contributed by atoms with Crippen LogP contribution in [-0.4, -0.2) is 96.3 Å². The highest BCUT2D eigenvalue weighted by Crippen LogP contribution is 2.45. The van der Waals surface area contributed by atoms with Gasteiger partial charge in [0.1, 0.15) is 12.4 Å². The normalized spacial score (nSPS) is 22.4. The molecule has 12 heteroatoms. The van der Waals surface area contributed by atoms with E-state index in [0.717, 1.165) is 52.9 Å². The Morgan fingerprint density at radius 1 is 1.20 bits per heavy atom. The molecule has 10 nitrogen and oxygen atoms in total. The molecule has 1 aromatic heterocycles. The lowest BCUT2D eigenvalue weighted by molar-refractivity contribution is -0.131. The van der Waals surface area contributed by atoms with Crippen LogP contribution in [0.3, 0.4) is 0 Å². The first-order valence-corrected chi connectivity index (χ1v) is 16.2. The highest BCUT2D eigenvalue weighted by molar-refractivity contribution is 6.36. The second-order valence-corrected chi connectivity index (χ2v) is 13.2. The van der Waals surface area contributed by atoms with Gasteiger partial charge in [0.15, 0.2) is 5.83 Å². The number of rotatable bonds is 7. The van der Waals surface area contributed by atoms with Gasteiger partial charge in [-0.05, 0) is 44.0 Å². The van der Waals surface area contributed by atoms with Crippen molar-refractivity contribution in [2.75, 3.05) is 62.8 Å². The van der Waals surface area contributed by atoms with Gasteiger partial charge in [-0.1, -0.05) is 42.4 Å². The third-order valence-corrected chi connectivity index (χ3v) is 10.3. The molecule has 0 bridgehead atoms. The number of likely N-dealkylation sites (tertiary alicyclic amines) is 1. The lowest BCUT2D eigenvalue weighted by atomic mass is 9.81. The number of aromatic nitrogens is 2. The number of fused-ring (bicyclic) bond motifs is 2. The second-order valence-electron chi connectivity index (χ2n) is 12.8. The SMILES string of the molecule is C=C(F)C(=O)N1CCN(c2nc(OC[C@@H]3CCCN3C)nc3c2CC2(COC2)N(c2cccc4cccc(Cl)c24)C3)C[C@@H]1CC#N. The average Bonchev–Trinajstić information content (AvgIpc) is 3.45. The first kappa shape index (κ1) is 30.7. The van der Waals surface area contributed by atoms with Gasteiger partial charge in [-0.2, -0.15) is 15.2 Å². The minimum atomic E-state index is -1.02. The lowest BCUT2D eigenvalue weighted by Crippen LogP contribution is -2.66. The van der Waals surface area contributed by atoms with Gasteiger partial charge in [-0.3, -0.25) is 4.79 Å². The van der Waals surface area contributed by atoms with E-state index >= 15 is 0 Å². The minimum Gasteiger partial charge on any atom is -0.462 e. The van der Waals surface area contributed by atoms with E-state index in [1.165, 1.54) is 4.90 Å². The molecule has 1 spiro atoms. The summed E-state index contributed by atoms with van der Waals surface area (Å²) in [4.78, 5) is 30.8. The van der Waals surface area contributed by atoms with E-state index < -0.39 is 17.8 Å². The molecule has 3 aromatic rings. The van der Waals surface area contributed by atoms with Crippen LogP contribution in [0.1, 0.15) is 30.5 Å². The van der Waals surface area contributed by atoms with Crippen LogP contribution in [-0.2, 0) is 22.5 Å². The fourth-order valence-electron chi connectivity index (χ4n) is 7.42. The van der Waals surface area contributed by atoms with Crippen LogP contribution in [0, 0.1) is 11.3 Å². The van der Waals surface area contributed by atoms with Gasteiger partial charge in [-0.15, -0.1) is 0 Å². The predicted octanol–water partition coefficient (Wildman–Crippen LogP) is 4.50. The van der Waals surface area contributed by atoms with Crippen molar-refractivity contribution in [1.29, 1.82) is 5.26 Å². The first-order chi connectivity index (χ1) is 22.3. The maximum absolute atomic E-state index is 13.9. The van der Waals surface area contributed by atoms with Crippen LogP contribution in [0.15, 0.2) is 48.8 Å². The number of carbonyl (C=O) groups excluding carboxylic acids is 1. The van der Waals surface area contributed by atoms with Crippen LogP contribution >= 0.6 is 11.6 Å². The van der Waals surface area contributed by atoms with Gasteiger partial charge >= 0.3 is 6.01 Å². The molecule has 5 heterocycles. The standard InChI is InChI=1S/C34H37ClFN7O3/c1-22(36)32(44)42-15-14-41(17-24(42)11-12-37)31-26-16-34(20-45-21-34)43(29-10-4-7-23-6-3-9-27(35)30(23)29)18-28(26)38-33(39-31)46-19-25-8-5-13-40(25)2/h3-4,6-7,9-10,24-25H,1,5,8,11,13-21H2,2H3/t24-,25-/m0/s1. The molecule has 3 fully saturated rings. The Balaban J connectivity index is 1.29. The van der Waals surface area contributed by atoms with Crippen molar-refractivity contribution in [2.45, 2.75) is 49.9 Å². The molecule has 0 saturated carbocycles. The molecule has 2 atom stereocenters. The number of benzene rings is 2. The molecule has 7 rings (SSSR count). The number of piperazine rings is 1. The van der Waals surface area contributed by atoms with Gasteiger partial charge in [0.05, 0.1) is 54.5 Å². The van der Waals surface area contributed by atoms with Crippen LogP contribution in [0.5, 0.6) is 6.01 Å². The summed E-state index contributed by atoms with van der Waals surface area (Å²) in [7, 11) is 2.11. The average molecular weight is 646 g/mol. The summed E-state index contributed by atoms with van der Waals surface area (Å²) in [5.41, 5.74) is 2.55. The zero-order chi connectivity index (χ0) is 32.0. The Bertz CT molecular complexity index is 1720. The van der Waals surface area contributed by atoms with E-state index in [0.29, 0.717) is 56.9 Å².